The fourth-order valence-corrected chi connectivity index (χ4v) is 3.99. The molecule has 1 atom stereocenters. The Kier molecular flexibility index (Phi) is 5.62. The summed E-state index contributed by atoms with van der Waals surface area (Å²) in [4.78, 5) is 19.2. The summed E-state index contributed by atoms with van der Waals surface area (Å²) in [6.07, 6.45) is 3.85. The second-order valence-corrected chi connectivity index (χ2v) is 7.20. The number of pyridine rings is 1. The van der Waals surface area contributed by atoms with Crippen LogP contribution in [-0.4, -0.2) is 43.1 Å². The molecule has 2 aromatic carbocycles. The van der Waals surface area contributed by atoms with Crippen LogP contribution >= 0.6 is 0 Å². The highest BCUT2D eigenvalue weighted by Crippen LogP contribution is 2.36. The van der Waals surface area contributed by atoms with Crippen LogP contribution in [0.4, 0.5) is 5.69 Å². The van der Waals surface area contributed by atoms with Crippen molar-refractivity contribution in [2.45, 2.75) is 18.9 Å². The third-order valence-electron chi connectivity index (χ3n) is 5.39. The normalized spacial score (nSPS) is 16.7. The lowest BCUT2D eigenvalue weighted by atomic mass is 10.0. The SMILES string of the molecule is COc1ccc([C@H]2CCCN2CC(=O)Nc2ccc3ncccc3c2)cc1OC. The molecule has 1 aliphatic rings. The smallest absolute Gasteiger partial charge is 0.238 e. The molecule has 2 heterocycles. The van der Waals surface area contributed by atoms with Gasteiger partial charge in [-0.25, -0.2) is 0 Å². The second kappa shape index (κ2) is 8.49. The van der Waals surface area contributed by atoms with Crippen molar-refractivity contribution in [3.05, 3.63) is 60.3 Å². The van der Waals surface area contributed by atoms with E-state index in [9.17, 15) is 4.79 Å². The van der Waals surface area contributed by atoms with Crippen molar-refractivity contribution in [2.75, 3.05) is 32.6 Å². The molecular weight excluding hydrogens is 366 g/mol. The molecule has 3 aromatic rings. The first-order chi connectivity index (χ1) is 14.2. The Bertz CT molecular complexity index is 1020. The van der Waals surface area contributed by atoms with Crippen molar-refractivity contribution in [3.63, 3.8) is 0 Å². The summed E-state index contributed by atoms with van der Waals surface area (Å²) in [5.74, 6) is 1.41. The number of likely N-dealkylation sites (tertiary alicyclic amines) is 1. The van der Waals surface area contributed by atoms with Gasteiger partial charge in [0, 0.05) is 23.3 Å². The van der Waals surface area contributed by atoms with Gasteiger partial charge in [0.1, 0.15) is 0 Å². The monoisotopic (exact) mass is 391 g/mol. The van der Waals surface area contributed by atoms with Gasteiger partial charge in [-0.2, -0.15) is 0 Å². The minimum Gasteiger partial charge on any atom is -0.493 e. The van der Waals surface area contributed by atoms with Crippen LogP contribution in [0.25, 0.3) is 10.9 Å². The first kappa shape index (κ1) is 19.2. The zero-order valence-electron chi connectivity index (χ0n) is 16.7. The molecule has 1 amide bonds. The van der Waals surface area contributed by atoms with Crippen LogP contribution in [0.15, 0.2) is 54.7 Å². The summed E-state index contributed by atoms with van der Waals surface area (Å²) >= 11 is 0. The highest BCUT2D eigenvalue weighted by atomic mass is 16.5. The number of hydrogen-bond acceptors (Lipinski definition) is 5. The van der Waals surface area contributed by atoms with E-state index in [1.165, 1.54) is 0 Å². The number of nitrogens with one attached hydrogen (secondary N) is 1. The molecule has 1 N–H and O–H groups in total. The summed E-state index contributed by atoms with van der Waals surface area (Å²) in [6, 6.07) is 15.8. The third kappa shape index (κ3) is 4.17. The van der Waals surface area contributed by atoms with Crippen LogP contribution in [0.3, 0.4) is 0 Å². The van der Waals surface area contributed by atoms with E-state index >= 15 is 0 Å². The molecule has 1 aromatic heterocycles. The van der Waals surface area contributed by atoms with E-state index in [1.54, 1.807) is 20.4 Å². The Labute approximate surface area is 170 Å². The number of methoxy groups -OCH3 is 2. The van der Waals surface area contributed by atoms with Gasteiger partial charge >= 0.3 is 0 Å². The fraction of sp³-hybridized carbons (Fsp3) is 0.304. The molecule has 1 saturated heterocycles. The van der Waals surface area contributed by atoms with Crippen LogP contribution < -0.4 is 14.8 Å². The maximum Gasteiger partial charge on any atom is 0.238 e. The molecule has 0 unspecified atom stereocenters. The van der Waals surface area contributed by atoms with Crippen LogP contribution in [0.2, 0.25) is 0 Å². The standard InChI is InChI=1S/C23H25N3O3/c1-28-21-10-7-17(14-22(21)29-2)20-6-4-12-26(20)15-23(27)25-18-8-9-19-16(13-18)5-3-11-24-19/h3,5,7-11,13-14,20H,4,6,12,15H2,1-2H3,(H,25,27)/t20-/m1/s1. The van der Waals surface area contributed by atoms with Crippen molar-refractivity contribution in [2.24, 2.45) is 0 Å². The zero-order chi connectivity index (χ0) is 20.2. The Morgan fingerprint density at radius 1 is 1.14 bits per heavy atom. The minimum absolute atomic E-state index is 0.0133. The molecule has 6 nitrogen and oxygen atoms in total. The van der Waals surface area contributed by atoms with E-state index in [0.29, 0.717) is 18.0 Å². The number of ether oxygens (including phenoxy) is 2. The number of amides is 1. The first-order valence-corrected chi connectivity index (χ1v) is 9.78. The lowest BCUT2D eigenvalue weighted by Crippen LogP contribution is -2.32. The van der Waals surface area contributed by atoms with Gasteiger partial charge in [-0.15, -0.1) is 0 Å². The van der Waals surface area contributed by atoms with E-state index in [0.717, 1.165) is 41.5 Å². The second-order valence-electron chi connectivity index (χ2n) is 7.20. The molecule has 6 heteroatoms. The maximum absolute atomic E-state index is 12.7. The van der Waals surface area contributed by atoms with Crippen molar-refractivity contribution < 1.29 is 14.3 Å². The number of carbonyl (C=O) groups is 1. The van der Waals surface area contributed by atoms with E-state index in [2.05, 4.69) is 21.3 Å². The topological polar surface area (TPSA) is 63.7 Å². The van der Waals surface area contributed by atoms with Crippen LogP contribution in [0.5, 0.6) is 11.5 Å². The number of aromatic nitrogens is 1. The molecule has 0 saturated carbocycles. The summed E-state index contributed by atoms with van der Waals surface area (Å²) in [5, 5.41) is 4.03. The Balaban J connectivity index is 1.45. The number of carbonyl (C=O) groups excluding carboxylic acids is 1. The molecule has 1 fully saturated rings. The average Bonchev–Trinajstić information content (AvgIpc) is 3.21. The van der Waals surface area contributed by atoms with Gasteiger partial charge in [-0.1, -0.05) is 12.1 Å². The van der Waals surface area contributed by atoms with E-state index in [4.69, 9.17) is 9.47 Å². The van der Waals surface area contributed by atoms with Crippen molar-refractivity contribution in [1.82, 2.24) is 9.88 Å². The third-order valence-corrected chi connectivity index (χ3v) is 5.39. The summed E-state index contributed by atoms with van der Waals surface area (Å²) in [7, 11) is 3.27. The number of benzene rings is 2. The number of fused-ring (bicyclic) bond motifs is 1. The number of hydrogen-bond donors (Lipinski definition) is 1. The molecule has 29 heavy (non-hydrogen) atoms. The quantitative estimate of drug-likeness (QED) is 0.687. The van der Waals surface area contributed by atoms with Crippen molar-refractivity contribution in [1.29, 1.82) is 0 Å². The van der Waals surface area contributed by atoms with E-state index < -0.39 is 0 Å². The lowest BCUT2D eigenvalue weighted by molar-refractivity contribution is -0.117. The van der Waals surface area contributed by atoms with E-state index in [-0.39, 0.29) is 11.9 Å². The molecular formula is C23H25N3O3. The predicted molar refractivity (Wildman–Crippen MR) is 113 cm³/mol. The van der Waals surface area contributed by atoms with Gasteiger partial charge < -0.3 is 14.8 Å². The maximum atomic E-state index is 12.7. The molecule has 1 aliphatic heterocycles. The van der Waals surface area contributed by atoms with Gasteiger partial charge in [-0.05, 0) is 61.3 Å². The Morgan fingerprint density at radius 2 is 2.00 bits per heavy atom. The molecule has 4 rings (SSSR count). The van der Waals surface area contributed by atoms with Gasteiger partial charge in [0.2, 0.25) is 5.91 Å². The summed E-state index contributed by atoms with van der Waals surface area (Å²) in [6.45, 7) is 1.25. The first-order valence-electron chi connectivity index (χ1n) is 9.78. The Morgan fingerprint density at radius 3 is 2.83 bits per heavy atom. The number of rotatable bonds is 6. The predicted octanol–water partition coefficient (Wildman–Crippen LogP) is 4.03. The highest BCUT2D eigenvalue weighted by molar-refractivity contribution is 5.94. The average molecular weight is 391 g/mol. The van der Waals surface area contributed by atoms with Gasteiger partial charge in [0.25, 0.3) is 0 Å². The molecule has 0 aliphatic carbocycles. The summed E-state index contributed by atoms with van der Waals surface area (Å²) < 4.78 is 10.8. The molecule has 150 valence electrons. The Hall–Kier alpha value is -3.12. The zero-order valence-corrected chi connectivity index (χ0v) is 16.7. The molecule has 0 radical (unpaired) electrons. The molecule has 0 spiro atoms. The van der Waals surface area contributed by atoms with Crippen molar-refractivity contribution in [3.8, 4) is 11.5 Å². The molecule has 0 bridgehead atoms. The van der Waals surface area contributed by atoms with Gasteiger partial charge in [-0.3, -0.25) is 14.7 Å². The number of nitrogens with zero attached hydrogens (tertiary/aromatic N) is 2. The number of anilines is 1. The van der Waals surface area contributed by atoms with Gasteiger partial charge in [0.05, 0.1) is 26.3 Å². The largest absolute Gasteiger partial charge is 0.493 e. The van der Waals surface area contributed by atoms with E-state index in [1.807, 2.05) is 42.5 Å². The minimum atomic E-state index is -0.0133. The van der Waals surface area contributed by atoms with Crippen molar-refractivity contribution >= 4 is 22.5 Å². The van der Waals surface area contributed by atoms with Gasteiger partial charge in [0.15, 0.2) is 11.5 Å². The highest BCUT2D eigenvalue weighted by Gasteiger charge is 2.28. The van der Waals surface area contributed by atoms with Crippen LogP contribution in [-0.2, 0) is 4.79 Å². The fourth-order valence-electron chi connectivity index (χ4n) is 3.99. The lowest BCUT2D eigenvalue weighted by Gasteiger charge is -2.25. The summed E-state index contributed by atoms with van der Waals surface area (Å²) in [5.41, 5.74) is 2.85. The van der Waals surface area contributed by atoms with Crippen LogP contribution in [0, 0.1) is 0 Å². The van der Waals surface area contributed by atoms with Crippen LogP contribution in [0.1, 0.15) is 24.4 Å².